The maximum Gasteiger partial charge on any atom is 0.253 e. The molecule has 0 radical (unpaired) electrons. The Bertz CT molecular complexity index is 1390. The van der Waals surface area contributed by atoms with E-state index in [1.807, 2.05) is 35.8 Å². The van der Waals surface area contributed by atoms with Crippen molar-refractivity contribution in [3.05, 3.63) is 80.3 Å². The number of aryl methyl sites for hydroxylation is 2. The van der Waals surface area contributed by atoms with Crippen molar-refractivity contribution < 1.29 is 9.13 Å². The molecule has 1 aromatic carbocycles. The predicted octanol–water partition coefficient (Wildman–Crippen LogP) is 5.22. The number of hydrogen-bond donors (Lipinski definition) is 0. The second kappa shape index (κ2) is 8.24. The monoisotopic (exact) mass is 482 g/mol. The van der Waals surface area contributed by atoms with E-state index in [1.165, 1.54) is 18.1 Å². The van der Waals surface area contributed by atoms with Crippen LogP contribution in [-0.4, -0.2) is 32.6 Å². The first-order valence-electron chi connectivity index (χ1n) is 10.2. The fraction of sp³-hybridized carbons (Fsp3) is 0.217. The van der Waals surface area contributed by atoms with Gasteiger partial charge in [0.25, 0.3) is 5.95 Å². The molecule has 0 bridgehead atoms. The van der Waals surface area contributed by atoms with E-state index in [0.29, 0.717) is 22.4 Å². The number of benzene rings is 1. The molecule has 0 amide bonds. The van der Waals surface area contributed by atoms with Crippen LogP contribution >= 0.6 is 22.9 Å². The number of thiophene rings is 1. The molecule has 0 unspecified atom stereocenters. The zero-order valence-electron chi connectivity index (χ0n) is 18.4. The normalized spacial score (nSPS) is 12.8. The summed E-state index contributed by atoms with van der Waals surface area (Å²) in [6.45, 7) is 6.27. The molecule has 0 saturated carbocycles. The zero-order chi connectivity index (χ0) is 23.3. The Labute approximate surface area is 199 Å². The summed E-state index contributed by atoms with van der Waals surface area (Å²) in [7, 11) is 1.50. The van der Waals surface area contributed by atoms with Crippen molar-refractivity contribution >= 4 is 34.6 Å². The molecule has 0 aliphatic carbocycles. The highest BCUT2D eigenvalue weighted by Crippen LogP contribution is 2.39. The topological polar surface area (TPSA) is 68.4 Å². The summed E-state index contributed by atoms with van der Waals surface area (Å²) in [4.78, 5) is 5.25. The Morgan fingerprint density at radius 3 is 2.61 bits per heavy atom. The number of ether oxygens (including phenoxy) is 1. The number of aromatic nitrogens is 4. The highest BCUT2D eigenvalue weighted by Gasteiger charge is 2.30. The van der Waals surface area contributed by atoms with E-state index in [2.05, 4.69) is 29.0 Å². The van der Waals surface area contributed by atoms with E-state index in [0.717, 1.165) is 39.4 Å². The summed E-state index contributed by atoms with van der Waals surface area (Å²) in [5.74, 6) is 1.14. The molecule has 1 aliphatic rings. The third kappa shape index (κ3) is 3.67. The minimum Gasteiger partial charge on any atom is -0.481 e. The summed E-state index contributed by atoms with van der Waals surface area (Å²) in [6, 6.07) is 8.96. The van der Waals surface area contributed by atoms with E-state index in [1.54, 1.807) is 16.3 Å². The minimum absolute atomic E-state index is 0.191. The minimum atomic E-state index is -0.453. The highest BCUT2D eigenvalue weighted by molar-refractivity contribution is 7.15. The smallest absolute Gasteiger partial charge is 0.253 e. The molecule has 0 spiro atoms. The molecule has 168 valence electrons. The third-order valence-electron chi connectivity index (χ3n) is 5.59. The van der Waals surface area contributed by atoms with Gasteiger partial charge in [-0.3, -0.25) is 4.57 Å². The van der Waals surface area contributed by atoms with Crippen LogP contribution in [0.5, 0.6) is 5.88 Å². The van der Waals surface area contributed by atoms with Gasteiger partial charge in [0, 0.05) is 26.6 Å². The average Bonchev–Trinajstić information content (AvgIpc) is 3.27. The predicted molar refractivity (Wildman–Crippen MR) is 127 cm³/mol. The second-order valence-electron chi connectivity index (χ2n) is 7.68. The first kappa shape index (κ1) is 21.5. The van der Waals surface area contributed by atoms with E-state index >= 15 is 0 Å². The summed E-state index contributed by atoms with van der Waals surface area (Å²) >= 11 is 7.82. The van der Waals surface area contributed by atoms with E-state index in [-0.39, 0.29) is 6.54 Å². The molecule has 5 rings (SSSR count). The van der Waals surface area contributed by atoms with Crippen molar-refractivity contribution in [3.63, 3.8) is 0 Å². The van der Waals surface area contributed by atoms with Crippen LogP contribution in [0, 0.1) is 26.6 Å². The van der Waals surface area contributed by atoms with Crippen molar-refractivity contribution in [1.82, 2.24) is 19.7 Å². The van der Waals surface area contributed by atoms with Crippen LogP contribution in [0.4, 0.5) is 10.3 Å². The standard InChI is InChI=1S/C23H20ClFN6OS/c1-12-13(2)33-22-19(12)20(15-5-7-17(24)8-6-15)29-30(23-28-27-14(3)31(22)23)11-16-9-18(25)10-26-21(16)32-4/h5-10H,11H2,1-4H3. The maximum absolute atomic E-state index is 14.0. The van der Waals surface area contributed by atoms with Crippen LogP contribution in [0.1, 0.15) is 33.0 Å². The Morgan fingerprint density at radius 1 is 1.12 bits per heavy atom. The molecule has 0 saturated heterocycles. The van der Waals surface area contributed by atoms with Gasteiger partial charge in [0.2, 0.25) is 5.88 Å². The van der Waals surface area contributed by atoms with Crippen molar-refractivity contribution in [3.8, 4) is 10.9 Å². The van der Waals surface area contributed by atoms with Gasteiger partial charge in [0.1, 0.15) is 22.4 Å². The first-order valence-corrected chi connectivity index (χ1v) is 11.4. The summed E-state index contributed by atoms with van der Waals surface area (Å²) in [6.07, 6.45) is 1.13. The van der Waals surface area contributed by atoms with Crippen LogP contribution < -0.4 is 9.75 Å². The molecule has 0 N–H and O–H groups in total. The van der Waals surface area contributed by atoms with E-state index < -0.39 is 5.82 Å². The van der Waals surface area contributed by atoms with Crippen molar-refractivity contribution in [2.24, 2.45) is 5.10 Å². The fourth-order valence-corrected chi connectivity index (χ4v) is 5.19. The van der Waals surface area contributed by atoms with Crippen LogP contribution in [0.25, 0.3) is 5.00 Å². The fourth-order valence-electron chi connectivity index (χ4n) is 3.86. The molecule has 4 aromatic rings. The number of fused-ring (bicyclic) bond motifs is 3. The lowest BCUT2D eigenvalue weighted by Gasteiger charge is -2.19. The lowest BCUT2D eigenvalue weighted by Crippen LogP contribution is -2.21. The van der Waals surface area contributed by atoms with Crippen LogP contribution in [0.15, 0.2) is 41.6 Å². The van der Waals surface area contributed by atoms with Crippen LogP contribution in [0.3, 0.4) is 0 Å². The van der Waals surface area contributed by atoms with Crippen molar-refractivity contribution in [2.45, 2.75) is 27.3 Å². The summed E-state index contributed by atoms with van der Waals surface area (Å²) < 4.78 is 21.4. The van der Waals surface area contributed by atoms with Gasteiger partial charge in [-0.1, -0.05) is 23.7 Å². The first-order chi connectivity index (χ1) is 15.9. The molecular weight excluding hydrogens is 463 g/mol. The second-order valence-corrected chi connectivity index (χ2v) is 9.32. The quantitative estimate of drug-likeness (QED) is 0.398. The molecule has 0 fully saturated rings. The molecule has 3 aromatic heterocycles. The van der Waals surface area contributed by atoms with Crippen molar-refractivity contribution in [2.75, 3.05) is 12.1 Å². The number of hydrazone groups is 1. The molecule has 33 heavy (non-hydrogen) atoms. The zero-order valence-corrected chi connectivity index (χ0v) is 20.0. The third-order valence-corrected chi connectivity index (χ3v) is 7.03. The highest BCUT2D eigenvalue weighted by atomic mass is 35.5. The molecule has 1 aliphatic heterocycles. The largest absolute Gasteiger partial charge is 0.481 e. The van der Waals surface area contributed by atoms with Crippen LogP contribution in [0.2, 0.25) is 5.02 Å². The number of anilines is 1. The average molecular weight is 483 g/mol. The number of nitrogens with zero attached hydrogens (tertiary/aromatic N) is 6. The summed E-state index contributed by atoms with van der Waals surface area (Å²) in [5, 5.41) is 17.1. The molecule has 4 heterocycles. The van der Waals surface area contributed by atoms with Gasteiger partial charge in [0.15, 0.2) is 0 Å². The van der Waals surface area contributed by atoms with Gasteiger partial charge in [-0.05, 0) is 44.5 Å². The van der Waals surface area contributed by atoms with E-state index in [9.17, 15) is 4.39 Å². The Morgan fingerprint density at radius 2 is 1.88 bits per heavy atom. The molecule has 10 heteroatoms. The number of methoxy groups -OCH3 is 1. The molecular formula is C23H20ClFN6OS. The molecule has 7 nitrogen and oxygen atoms in total. The SMILES string of the molecule is COc1ncc(F)cc1CN1N=C(c2ccc(Cl)cc2)c2c(sc(C)c2C)-n2c(C)nnc21. The number of rotatable bonds is 4. The van der Waals surface area contributed by atoms with Crippen molar-refractivity contribution in [1.29, 1.82) is 0 Å². The van der Waals surface area contributed by atoms with Crippen LogP contribution in [-0.2, 0) is 6.54 Å². The van der Waals surface area contributed by atoms with Gasteiger partial charge < -0.3 is 4.74 Å². The Kier molecular flexibility index (Phi) is 5.38. The van der Waals surface area contributed by atoms with Gasteiger partial charge in [-0.25, -0.2) is 14.4 Å². The lowest BCUT2D eigenvalue weighted by atomic mass is 10.00. The van der Waals surface area contributed by atoms with Gasteiger partial charge in [0.05, 0.1) is 19.9 Å². The number of pyridine rings is 1. The van der Waals surface area contributed by atoms with Gasteiger partial charge >= 0.3 is 0 Å². The number of halogens is 2. The number of hydrogen-bond acceptors (Lipinski definition) is 7. The Balaban J connectivity index is 1.76. The van der Waals surface area contributed by atoms with Gasteiger partial charge in [-0.2, -0.15) is 5.10 Å². The maximum atomic E-state index is 14.0. The van der Waals surface area contributed by atoms with Gasteiger partial charge in [-0.15, -0.1) is 21.5 Å². The lowest BCUT2D eigenvalue weighted by molar-refractivity contribution is 0.389. The summed E-state index contributed by atoms with van der Waals surface area (Å²) in [5.41, 5.74) is 4.37. The Hall–Kier alpha value is -3.30. The molecule has 0 atom stereocenters. The van der Waals surface area contributed by atoms with E-state index in [4.69, 9.17) is 21.4 Å².